The third-order valence-electron chi connectivity index (χ3n) is 6.70. The highest BCUT2D eigenvalue weighted by Gasteiger charge is 2.39. The lowest BCUT2D eigenvalue weighted by atomic mass is 9.73. The van der Waals surface area contributed by atoms with Gasteiger partial charge in [0, 0.05) is 36.5 Å². The zero-order valence-electron chi connectivity index (χ0n) is 21.4. The predicted octanol–water partition coefficient (Wildman–Crippen LogP) is 6.22. The first-order chi connectivity index (χ1) is 17.3. The van der Waals surface area contributed by atoms with Crippen LogP contribution in [0.1, 0.15) is 50.3 Å². The number of likely N-dealkylation sites (tertiary alicyclic amines) is 1. The Morgan fingerprint density at radius 3 is 2.32 bits per heavy atom. The van der Waals surface area contributed by atoms with Crippen molar-refractivity contribution in [3.8, 4) is 0 Å². The lowest BCUT2D eigenvalue weighted by molar-refractivity contribution is -0.137. The summed E-state index contributed by atoms with van der Waals surface area (Å²) in [5, 5.41) is 4.49. The second kappa shape index (κ2) is 9.96. The van der Waals surface area contributed by atoms with E-state index in [0.29, 0.717) is 42.4 Å². The average Bonchev–Trinajstić information content (AvgIpc) is 3.19. The van der Waals surface area contributed by atoms with Crippen LogP contribution in [0, 0.1) is 5.82 Å². The Balaban J connectivity index is 1.55. The molecule has 10 heteroatoms. The summed E-state index contributed by atoms with van der Waals surface area (Å²) in [6.07, 6.45) is -2.43. The minimum Gasteiger partial charge on any atom is -0.444 e. The van der Waals surface area contributed by atoms with E-state index in [4.69, 9.17) is 9.47 Å². The van der Waals surface area contributed by atoms with E-state index in [1.165, 1.54) is 23.0 Å². The minimum atomic E-state index is -4.50. The highest BCUT2D eigenvalue weighted by Crippen LogP contribution is 2.38. The van der Waals surface area contributed by atoms with Crippen LogP contribution < -0.4 is 0 Å². The van der Waals surface area contributed by atoms with Gasteiger partial charge in [0.25, 0.3) is 0 Å². The van der Waals surface area contributed by atoms with E-state index in [9.17, 15) is 22.4 Å². The second-order valence-electron chi connectivity index (χ2n) is 10.6. The van der Waals surface area contributed by atoms with Crippen LogP contribution in [0.25, 0.3) is 10.9 Å². The number of rotatable bonds is 5. The molecule has 0 saturated carbocycles. The van der Waals surface area contributed by atoms with Crippen LogP contribution >= 0.6 is 0 Å². The van der Waals surface area contributed by atoms with E-state index < -0.39 is 28.8 Å². The lowest BCUT2D eigenvalue weighted by Gasteiger charge is -2.42. The van der Waals surface area contributed by atoms with E-state index in [1.807, 2.05) is 0 Å². The Morgan fingerprint density at radius 1 is 1.08 bits per heavy atom. The number of aromatic nitrogens is 2. The summed E-state index contributed by atoms with van der Waals surface area (Å²) in [7, 11) is 1.67. The molecule has 1 aliphatic heterocycles. The third kappa shape index (κ3) is 6.06. The summed E-state index contributed by atoms with van der Waals surface area (Å²) < 4.78 is 67.3. The first-order valence-electron chi connectivity index (χ1n) is 12.1. The summed E-state index contributed by atoms with van der Waals surface area (Å²) in [5.41, 5.74) is -0.112. The summed E-state index contributed by atoms with van der Waals surface area (Å²) in [5.74, 6) is -0.367. The molecule has 2 aromatic carbocycles. The Morgan fingerprint density at radius 2 is 1.73 bits per heavy atom. The molecule has 1 fully saturated rings. The maximum absolute atomic E-state index is 13.7. The minimum absolute atomic E-state index is 0.0569. The van der Waals surface area contributed by atoms with Crippen molar-refractivity contribution >= 4 is 17.0 Å². The lowest BCUT2D eigenvalue weighted by Crippen LogP contribution is -2.48. The SMILES string of the molecule is Cn1ncc2cc(C(F)(F)F)cc(COCC3(c4ccc(F)cc4)CCN(C(=O)OC(C)(C)C)CC3)c21. The van der Waals surface area contributed by atoms with E-state index >= 15 is 0 Å². The van der Waals surface area contributed by atoms with Gasteiger partial charge in [-0.15, -0.1) is 0 Å². The maximum Gasteiger partial charge on any atom is 0.416 e. The number of alkyl halides is 3. The van der Waals surface area contributed by atoms with Gasteiger partial charge in [-0.25, -0.2) is 9.18 Å². The third-order valence-corrected chi connectivity index (χ3v) is 6.70. The van der Waals surface area contributed by atoms with Crippen LogP contribution in [0.3, 0.4) is 0 Å². The number of benzene rings is 2. The number of aryl methyl sites for hydroxylation is 1. The van der Waals surface area contributed by atoms with Gasteiger partial charge in [0.2, 0.25) is 0 Å². The van der Waals surface area contributed by atoms with E-state index in [2.05, 4.69) is 5.10 Å². The fraction of sp³-hybridized carbons (Fsp3) is 0.481. The van der Waals surface area contributed by atoms with Gasteiger partial charge in [-0.3, -0.25) is 4.68 Å². The van der Waals surface area contributed by atoms with Crippen LogP contribution in [-0.4, -0.2) is 46.1 Å². The average molecular weight is 522 g/mol. The number of carbonyl (C=O) groups is 1. The van der Waals surface area contributed by atoms with Crippen LogP contribution in [0.15, 0.2) is 42.6 Å². The summed E-state index contributed by atoms with van der Waals surface area (Å²) in [6.45, 7) is 6.36. The van der Waals surface area contributed by atoms with Gasteiger partial charge >= 0.3 is 12.3 Å². The summed E-state index contributed by atoms with van der Waals surface area (Å²) in [6, 6.07) is 8.33. The van der Waals surface area contributed by atoms with Gasteiger partial charge in [0.15, 0.2) is 0 Å². The summed E-state index contributed by atoms with van der Waals surface area (Å²) >= 11 is 0. The van der Waals surface area contributed by atoms with Crippen molar-refractivity contribution in [2.24, 2.45) is 7.05 Å². The molecule has 200 valence electrons. The number of fused-ring (bicyclic) bond motifs is 1. The van der Waals surface area contributed by atoms with E-state index in [1.54, 1.807) is 44.9 Å². The van der Waals surface area contributed by atoms with Crippen LogP contribution in [0.5, 0.6) is 0 Å². The smallest absolute Gasteiger partial charge is 0.416 e. The monoisotopic (exact) mass is 521 g/mol. The first-order valence-corrected chi connectivity index (χ1v) is 12.1. The number of piperidine rings is 1. The number of hydrogen-bond acceptors (Lipinski definition) is 4. The zero-order valence-corrected chi connectivity index (χ0v) is 21.4. The molecule has 6 nitrogen and oxygen atoms in total. The highest BCUT2D eigenvalue weighted by atomic mass is 19.4. The van der Waals surface area contributed by atoms with Crippen molar-refractivity contribution < 1.29 is 31.8 Å². The Labute approximate surface area is 213 Å². The molecular weight excluding hydrogens is 490 g/mol. The molecule has 1 saturated heterocycles. The molecule has 1 amide bonds. The predicted molar refractivity (Wildman–Crippen MR) is 130 cm³/mol. The van der Waals surface area contributed by atoms with Crippen molar-refractivity contribution in [1.82, 2.24) is 14.7 Å². The van der Waals surface area contributed by atoms with Crippen molar-refractivity contribution in [1.29, 1.82) is 0 Å². The fourth-order valence-corrected chi connectivity index (χ4v) is 4.81. The number of hydrogen-bond donors (Lipinski definition) is 0. The molecular formula is C27H31F4N3O3. The number of halogens is 4. The van der Waals surface area contributed by atoms with Crippen LogP contribution in [-0.2, 0) is 34.7 Å². The van der Waals surface area contributed by atoms with Crippen molar-refractivity contribution in [2.45, 2.75) is 57.4 Å². The molecule has 0 atom stereocenters. The molecule has 2 heterocycles. The Kier molecular flexibility index (Phi) is 7.25. The molecule has 1 aromatic heterocycles. The summed E-state index contributed by atoms with van der Waals surface area (Å²) in [4.78, 5) is 14.2. The molecule has 0 radical (unpaired) electrons. The molecule has 0 unspecified atom stereocenters. The number of carbonyl (C=O) groups excluding carboxylic acids is 1. The molecule has 37 heavy (non-hydrogen) atoms. The Hall–Kier alpha value is -3.14. The molecule has 1 aliphatic rings. The van der Waals surface area contributed by atoms with Gasteiger partial charge < -0.3 is 14.4 Å². The fourth-order valence-electron chi connectivity index (χ4n) is 4.81. The first kappa shape index (κ1) is 26.9. The normalized spacial score (nSPS) is 16.3. The van der Waals surface area contributed by atoms with Gasteiger partial charge in [-0.1, -0.05) is 12.1 Å². The molecule has 3 aromatic rings. The van der Waals surface area contributed by atoms with Gasteiger partial charge in [-0.05, 0) is 63.4 Å². The molecule has 0 aliphatic carbocycles. The molecule has 0 N–H and O–H groups in total. The topological polar surface area (TPSA) is 56.6 Å². The Bertz CT molecular complexity index is 1250. The van der Waals surface area contributed by atoms with E-state index in [0.717, 1.165) is 17.7 Å². The van der Waals surface area contributed by atoms with Gasteiger partial charge in [0.1, 0.15) is 11.4 Å². The number of ether oxygens (including phenoxy) is 2. The molecule has 0 bridgehead atoms. The van der Waals surface area contributed by atoms with Crippen molar-refractivity contribution in [3.05, 3.63) is 65.1 Å². The number of amides is 1. The van der Waals surface area contributed by atoms with Crippen LogP contribution in [0.2, 0.25) is 0 Å². The highest BCUT2D eigenvalue weighted by molar-refractivity contribution is 5.83. The van der Waals surface area contributed by atoms with Crippen molar-refractivity contribution in [2.75, 3.05) is 19.7 Å². The van der Waals surface area contributed by atoms with E-state index in [-0.39, 0.29) is 19.0 Å². The zero-order chi connectivity index (χ0) is 27.0. The van der Waals surface area contributed by atoms with Crippen molar-refractivity contribution in [3.63, 3.8) is 0 Å². The quantitative estimate of drug-likeness (QED) is 0.374. The van der Waals surface area contributed by atoms with Gasteiger partial charge in [-0.2, -0.15) is 18.3 Å². The second-order valence-corrected chi connectivity index (χ2v) is 10.6. The largest absolute Gasteiger partial charge is 0.444 e. The van der Waals surface area contributed by atoms with Gasteiger partial charge in [0.05, 0.1) is 30.5 Å². The molecule has 4 rings (SSSR count). The molecule has 0 spiro atoms. The standard InChI is InChI=1S/C27H31F4N3O3/c1-25(2,3)37-24(35)34-11-9-26(10-12-34,20-5-7-22(28)8-6-20)17-36-16-19-14-21(27(29,30)31)13-18-15-32-33(4)23(18)19/h5-8,13-15H,9-12,16-17H2,1-4H3. The van der Waals surface area contributed by atoms with Crippen LogP contribution in [0.4, 0.5) is 22.4 Å². The maximum atomic E-state index is 13.7. The number of nitrogens with zero attached hydrogens (tertiary/aromatic N) is 3.